The van der Waals surface area contributed by atoms with Crippen molar-refractivity contribution in [2.75, 3.05) is 13.2 Å². The van der Waals surface area contributed by atoms with Crippen molar-refractivity contribution in [3.63, 3.8) is 0 Å². The number of carbonyl (C=O) groups excluding carboxylic acids is 1. The van der Waals surface area contributed by atoms with Gasteiger partial charge in [0.2, 0.25) is 5.91 Å². The van der Waals surface area contributed by atoms with Gasteiger partial charge in [-0.05, 0) is 6.07 Å². The van der Waals surface area contributed by atoms with Gasteiger partial charge in [-0.15, -0.1) is 0 Å². The SMILES string of the molecule is O=C(O)CC1COCC(NC(=O)Cc2ccccc2O)B(O)O1. The second kappa shape index (κ2) is 7.95. The highest BCUT2D eigenvalue weighted by atomic mass is 16.6. The second-order valence-corrected chi connectivity index (χ2v) is 5.26. The highest BCUT2D eigenvalue weighted by Gasteiger charge is 2.35. The number of rotatable bonds is 5. The highest BCUT2D eigenvalue weighted by molar-refractivity contribution is 6.45. The summed E-state index contributed by atoms with van der Waals surface area (Å²) in [6, 6.07) is 6.45. The van der Waals surface area contributed by atoms with Crippen LogP contribution in [0.25, 0.3) is 0 Å². The van der Waals surface area contributed by atoms with E-state index in [4.69, 9.17) is 14.5 Å². The summed E-state index contributed by atoms with van der Waals surface area (Å²) >= 11 is 0. The molecule has 1 heterocycles. The van der Waals surface area contributed by atoms with Crippen molar-refractivity contribution in [1.82, 2.24) is 5.32 Å². The molecular weight excluding hydrogens is 305 g/mol. The Morgan fingerprint density at radius 3 is 2.74 bits per heavy atom. The summed E-state index contributed by atoms with van der Waals surface area (Å²) in [7, 11) is -1.37. The van der Waals surface area contributed by atoms with Crippen molar-refractivity contribution >= 4 is 19.0 Å². The highest BCUT2D eigenvalue weighted by Crippen LogP contribution is 2.16. The van der Waals surface area contributed by atoms with Crippen LogP contribution in [0, 0.1) is 0 Å². The van der Waals surface area contributed by atoms with Gasteiger partial charge < -0.3 is 29.9 Å². The number of hydrogen-bond acceptors (Lipinski definition) is 6. The summed E-state index contributed by atoms with van der Waals surface area (Å²) in [5, 5.41) is 30.9. The van der Waals surface area contributed by atoms with E-state index in [1.54, 1.807) is 18.2 Å². The zero-order valence-corrected chi connectivity index (χ0v) is 12.3. The molecule has 1 aliphatic rings. The van der Waals surface area contributed by atoms with Crippen molar-refractivity contribution in [2.45, 2.75) is 24.9 Å². The Labute approximate surface area is 133 Å². The van der Waals surface area contributed by atoms with Gasteiger partial charge in [-0.25, -0.2) is 0 Å². The zero-order chi connectivity index (χ0) is 16.8. The Bertz CT molecular complexity index is 568. The lowest BCUT2D eigenvalue weighted by molar-refractivity contribution is -0.139. The van der Waals surface area contributed by atoms with Crippen LogP contribution in [0.5, 0.6) is 5.75 Å². The second-order valence-electron chi connectivity index (χ2n) is 5.26. The first-order valence-electron chi connectivity index (χ1n) is 7.15. The molecule has 1 saturated heterocycles. The molecule has 0 bridgehead atoms. The van der Waals surface area contributed by atoms with Gasteiger partial charge in [0, 0.05) is 5.56 Å². The first kappa shape index (κ1) is 17.3. The Morgan fingerprint density at radius 2 is 2.04 bits per heavy atom. The molecule has 9 heteroatoms. The van der Waals surface area contributed by atoms with Gasteiger partial charge >= 0.3 is 13.1 Å². The van der Waals surface area contributed by atoms with Crippen LogP contribution < -0.4 is 5.32 Å². The topological polar surface area (TPSA) is 125 Å². The van der Waals surface area contributed by atoms with Crippen molar-refractivity contribution in [3.05, 3.63) is 29.8 Å². The molecular formula is C14H18BNO7. The average molecular weight is 323 g/mol. The maximum absolute atomic E-state index is 12.0. The van der Waals surface area contributed by atoms with E-state index >= 15 is 0 Å². The van der Waals surface area contributed by atoms with E-state index < -0.39 is 31.0 Å². The fraction of sp³-hybridized carbons (Fsp3) is 0.429. The van der Waals surface area contributed by atoms with Crippen LogP contribution in [-0.2, 0) is 25.4 Å². The first-order valence-corrected chi connectivity index (χ1v) is 7.15. The number of phenols is 1. The van der Waals surface area contributed by atoms with E-state index in [0.29, 0.717) is 5.56 Å². The fourth-order valence-electron chi connectivity index (χ4n) is 2.25. The Morgan fingerprint density at radius 1 is 1.30 bits per heavy atom. The lowest BCUT2D eigenvalue weighted by Gasteiger charge is -2.19. The third-order valence-electron chi connectivity index (χ3n) is 3.37. The van der Waals surface area contributed by atoms with Crippen LogP contribution in [0.2, 0.25) is 0 Å². The van der Waals surface area contributed by atoms with Gasteiger partial charge in [0.1, 0.15) is 5.75 Å². The maximum Gasteiger partial charge on any atom is 0.480 e. The van der Waals surface area contributed by atoms with Crippen LogP contribution in [0.15, 0.2) is 24.3 Å². The Balaban J connectivity index is 1.90. The van der Waals surface area contributed by atoms with E-state index in [2.05, 4.69) is 5.32 Å². The molecule has 2 rings (SSSR count). The van der Waals surface area contributed by atoms with Crippen LogP contribution >= 0.6 is 0 Å². The molecule has 1 amide bonds. The largest absolute Gasteiger partial charge is 0.508 e. The molecule has 0 spiro atoms. The number of aromatic hydroxyl groups is 1. The van der Waals surface area contributed by atoms with E-state index in [1.165, 1.54) is 6.07 Å². The van der Waals surface area contributed by atoms with Crippen molar-refractivity contribution < 1.29 is 34.2 Å². The molecule has 4 N–H and O–H groups in total. The summed E-state index contributed by atoms with van der Waals surface area (Å²) in [5.74, 6) is -2.28. The first-order chi connectivity index (χ1) is 11.0. The quantitative estimate of drug-likeness (QED) is 0.530. The minimum atomic E-state index is -1.37. The van der Waals surface area contributed by atoms with E-state index in [0.717, 1.165) is 0 Å². The lowest BCUT2D eigenvalue weighted by Crippen LogP contribution is -2.50. The number of aliphatic carboxylic acids is 1. The summed E-state index contributed by atoms with van der Waals surface area (Å²) in [6.45, 7) is 0.0268. The lowest BCUT2D eigenvalue weighted by atomic mass is 9.79. The zero-order valence-electron chi connectivity index (χ0n) is 12.3. The Hall–Kier alpha value is -2.10. The number of nitrogens with one attached hydrogen (secondary N) is 1. The molecule has 2 atom stereocenters. The molecule has 0 radical (unpaired) electrons. The van der Waals surface area contributed by atoms with Crippen LogP contribution in [0.3, 0.4) is 0 Å². The van der Waals surface area contributed by atoms with Gasteiger partial charge in [-0.1, -0.05) is 18.2 Å². The van der Waals surface area contributed by atoms with Gasteiger partial charge in [-0.3, -0.25) is 9.59 Å². The molecule has 124 valence electrons. The Kier molecular flexibility index (Phi) is 5.97. The molecule has 0 aliphatic carbocycles. The van der Waals surface area contributed by atoms with E-state index in [1.807, 2.05) is 0 Å². The molecule has 1 aromatic rings. The predicted molar refractivity (Wildman–Crippen MR) is 79.7 cm³/mol. The maximum atomic E-state index is 12.0. The van der Waals surface area contributed by atoms with Crippen molar-refractivity contribution in [1.29, 1.82) is 0 Å². The summed E-state index contributed by atoms with van der Waals surface area (Å²) < 4.78 is 10.4. The molecule has 0 saturated carbocycles. The molecule has 1 aromatic carbocycles. The number of carbonyl (C=O) groups is 2. The summed E-state index contributed by atoms with van der Waals surface area (Å²) in [6.07, 6.45) is -1.13. The molecule has 2 unspecified atom stereocenters. The number of hydrogen-bond donors (Lipinski definition) is 4. The van der Waals surface area contributed by atoms with E-state index in [9.17, 15) is 19.7 Å². The average Bonchev–Trinajstić information content (AvgIpc) is 2.63. The van der Waals surface area contributed by atoms with Crippen molar-refractivity contribution in [2.24, 2.45) is 0 Å². The standard InChI is InChI=1S/C14H18BNO7/c17-11-4-2-1-3-9(11)5-13(18)16-12-8-22-7-10(6-14(19)20)23-15(12)21/h1-4,10,12,17,21H,5-8H2,(H,16,18)(H,19,20). The normalized spacial score (nSPS) is 21.5. The fourth-order valence-corrected chi connectivity index (χ4v) is 2.25. The smallest absolute Gasteiger partial charge is 0.480 e. The number of carboxylic acids is 1. The summed E-state index contributed by atoms with van der Waals surface area (Å²) in [5.41, 5.74) is 0.457. The number of benzene rings is 1. The summed E-state index contributed by atoms with van der Waals surface area (Å²) in [4.78, 5) is 22.7. The third-order valence-corrected chi connectivity index (χ3v) is 3.37. The predicted octanol–water partition coefficient (Wildman–Crippen LogP) is -0.671. The van der Waals surface area contributed by atoms with Crippen molar-refractivity contribution in [3.8, 4) is 5.75 Å². The van der Waals surface area contributed by atoms with Gasteiger partial charge in [0.25, 0.3) is 0 Å². The molecule has 23 heavy (non-hydrogen) atoms. The van der Waals surface area contributed by atoms with Gasteiger partial charge in [0.15, 0.2) is 0 Å². The van der Waals surface area contributed by atoms with Gasteiger partial charge in [-0.2, -0.15) is 0 Å². The number of phenolic OH excluding ortho intramolecular Hbond substituents is 1. The van der Waals surface area contributed by atoms with E-state index in [-0.39, 0.29) is 31.8 Å². The molecule has 1 fully saturated rings. The monoisotopic (exact) mass is 323 g/mol. The molecule has 8 nitrogen and oxygen atoms in total. The third kappa shape index (κ3) is 5.24. The number of amides is 1. The number of para-hydroxylation sites is 1. The molecule has 1 aliphatic heterocycles. The minimum absolute atomic E-state index is 0.00377. The van der Waals surface area contributed by atoms with Crippen LogP contribution in [0.1, 0.15) is 12.0 Å². The van der Waals surface area contributed by atoms with Crippen LogP contribution in [0.4, 0.5) is 0 Å². The number of ether oxygens (including phenoxy) is 1. The molecule has 0 aromatic heterocycles. The number of carboxylic acid groups (broad SMARTS) is 1. The van der Waals surface area contributed by atoms with Crippen LogP contribution in [-0.4, -0.2) is 59.5 Å². The van der Waals surface area contributed by atoms with Gasteiger partial charge in [0.05, 0.1) is 38.1 Å². The minimum Gasteiger partial charge on any atom is -0.508 e.